The van der Waals surface area contributed by atoms with Gasteiger partial charge >= 0.3 is 0 Å². The van der Waals surface area contributed by atoms with Crippen molar-refractivity contribution in [2.45, 2.75) is 43.8 Å². The molecule has 2 saturated heterocycles. The lowest BCUT2D eigenvalue weighted by molar-refractivity contribution is 0.0568. The molecule has 0 spiro atoms. The first-order valence-electron chi connectivity index (χ1n) is 6.23. The highest BCUT2D eigenvalue weighted by Crippen LogP contribution is 2.35. The van der Waals surface area contributed by atoms with E-state index in [1.165, 1.54) is 0 Å². The maximum atomic E-state index is 12.4. The van der Waals surface area contributed by atoms with Gasteiger partial charge in [-0.15, -0.1) is 0 Å². The van der Waals surface area contributed by atoms with Gasteiger partial charge in [-0.2, -0.15) is 5.10 Å². The monoisotopic (exact) mass is 234 g/mol. The first kappa shape index (κ1) is 10.8. The molecule has 2 N–H and O–H groups in total. The van der Waals surface area contributed by atoms with Crippen LogP contribution in [0.5, 0.6) is 0 Å². The highest BCUT2D eigenvalue weighted by Gasteiger charge is 2.42. The molecule has 0 aliphatic carbocycles. The van der Waals surface area contributed by atoms with Crippen molar-refractivity contribution in [3.63, 3.8) is 0 Å². The number of aryl methyl sites for hydroxylation is 1. The lowest BCUT2D eigenvalue weighted by Gasteiger charge is -2.37. The van der Waals surface area contributed by atoms with E-state index in [0.717, 1.165) is 25.7 Å². The minimum Gasteiger partial charge on any atom is -0.331 e. The van der Waals surface area contributed by atoms with Crippen LogP contribution in [0.3, 0.4) is 0 Å². The zero-order valence-electron chi connectivity index (χ0n) is 10.0. The molecule has 0 saturated carbocycles. The quantitative estimate of drug-likeness (QED) is 0.770. The molecule has 5 nitrogen and oxygen atoms in total. The summed E-state index contributed by atoms with van der Waals surface area (Å²) in [6.45, 7) is 0. The molecule has 2 aliphatic heterocycles. The van der Waals surface area contributed by atoms with Crippen LogP contribution < -0.4 is 5.73 Å². The zero-order chi connectivity index (χ0) is 12.0. The number of nitrogens with two attached hydrogens (primary N) is 1. The first-order valence-corrected chi connectivity index (χ1v) is 6.23. The van der Waals surface area contributed by atoms with Crippen LogP contribution in [0.4, 0.5) is 0 Å². The highest BCUT2D eigenvalue weighted by atomic mass is 16.2. The van der Waals surface area contributed by atoms with Crippen LogP contribution in [-0.4, -0.2) is 38.7 Å². The molecular formula is C12H18N4O. The number of hydrogen-bond acceptors (Lipinski definition) is 3. The lowest BCUT2D eigenvalue weighted by Crippen LogP contribution is -2.50. The highest BCUT2D eigenvalue weighted by molar-refractivity contribution is 5.93. The van der Waals surface area contributed by atoms with Crippen LogP contribution in [0, 0.1) is 0 Å². The van der Waals surface area contributed by atoms with E-state index in [-0.39, 0.29) is 11.9 Å². The fourth-order valence-corrected chi connectivity index (χ4v) is 3.21. The van der Waals surface area contributed by atoms with Crippen molar-refractivity contribution in [1.29, 1.82) is 0 Å². The summed E-state index contributed by atoms with van der Waals surface area (Å²) in [5, 5.41) is 4.20. The molecule has 17 heavy (non-hydrogen) atoms. The predicted molar refractivity (Wildman–Crippen MR) is 63.4 cm³/mol. The molecule has 0 aromatic carbocycles. The number of aromatic nitrogens is 2. The van der Waals surface area contributed by atoms with Gasteiger partial charge in [-0.3, -0.25) is 9.48 Å². The number of carbonyl (C=O) groups is 1. The molecule has 5 heteroatoms. The minimum absolute atomic E-state index is 0.0741. The van der Waals surface area contributed by atoms with Crippen LogP contribution in [0.25, 0.3) is 0 Å². The van der Waals surface area contributed by atoms with Crippen LogP contribution in [0.2, 0.25) is 0 Å². The largest absolute Gasteiger partial charge is 0.331 e. The van der Waals surface area contributed by atoms with Crippen molar-refractivity contribution in [2.75, 3.05) is 0 Å². The Morgan fingerprint density at radius 2 is 2.06 bits per heavy atom. The number of nitrogens with zero attached hydrogens (tertiary/aromatic N) is 3. The van der Waals surface area contributed by atoms with Gasteiger partial charge in [0, 0.05) is 31.4 Å². The Morgan fingerprint density at radius 1 is 1.41 bits per heavy atom. The van der Waals surface area contributed by atoms with Gasteiger partial charge in [0.25, 0.3) is 5.91 Å². The van der Waals surface area contributed by atoms with Gasteiger partial charge in [0.05, 0.1) is 0 Å². The molecule has 2 aliphatic rings. The van der Waals surface area contributed by atoms with Gasteiger partial charge in [-0.25, -0.2) is 0 Å². The molecule has 1 aromatic rings. The molecule has 2 bridgehead atoms. The molecule has 3 heterocycles. The summed E-state index contributed by atoms with van der Waals surface area (Å²) in [4.78, 5) is 14.4. The summed E-state index contributed by atoms with van der Waals surface area (Å²) >= 11 is 0. The van der Waals surface area contributed by atoms with E-state index in [1.807, 2.05) is 18.1 Å². The normalized spacial score (nSPS) is 31.9. The van der Waals surface area contributed by atoms with Crippen molar-refractivity contribution in [1.82, 2.24) is 14.7 Å². The third-order valence-electron chi connectivity index (χ3n) is 3.94. The van der Waals surface area contributed by atoms with Gasteiger partial charge in [0.1, 0.15) is 5.69 Å². The average molecular weight is 234 g/mol. The van der Waals surface area contributed by atoms with Gasteiger partial charge in [-0.1, -0.05) is 0 Å². The standard InChI is InChI=1S/C12H18N4O/c1-15-5-4-11(14-15)12(17)16-9-2-3-10(16)7-8(13)6-9/h4-5,8-10H,2-3,6-7,13H2,1H3. The Balaban J connectivity index is 1.83. The van der Waals surface area contributed by atoms with Gasteiger partial charge in [0.2, 0.25) is 0 Å². The number of hydrogen-bond donors (Lipinski definition) is 1. The van der Waals surface area contributed by atoms with Crippen molar-refractivity contribution in [3.8, 4) is 0 Å². The first-order chi connectivity index (χ1) is 8.15. The molecule has 3 rings (SSSR count). The topological polar surface area (TPSA) is 64.2 Å². The Morgan fingerprint density at radius 3 is 2.59 bits per heavy atom. The summed E-state index contributed by atoms with van der Waals surface area (Å²) in [5.41, 5.74) is 6.56. The zero-order valence-corrected chi connectivity index (χ0v) is 10.0. The van der Waals surface area contributed by atoms with Crippen molar-refractivity contribution >= 4 is 5.91 Å². The molecule has 0 radical (unpaired) electrons. The molecule has 1 aromatic heterocycles. The Labute approximate surface area is 101 Å². The summed E-state index contributed by atoms with van der Waals surface area (Å²) in [6, 6.07) is 2.72. The number of fused-ring (bicyclic) bond motifs is 2. The van der Waals surface area contributed by atoms with Gasteiger partial charge < -0.3 is 10.6 Å². The summed E-state index contributed by atoms with van der Waals surface area (Å²) in [5.74, 6) is 0.0741. The second-order valence-corrected chi connectivity index (χ2v) is 5.20. The Hall–Kier alpha value is -1.36. The third-order valence-corrected chi connectivity index (χ3v) is 3.94. The molecule has 2 fully saturated rings. The van der Waals surface area contributed by atoms with E-state index in [2.05, 4.69) is 5.10 Å². The number of piperidine rings is 1. The van der Waals surface area contributed by atoms with E-state index in [1.54, 1.807) is 10.7 Å². The second-order valence-electron chi connectivity index (χ2n) is 5.20. The molecule has 2 atom stereocenters. The van der Waals surface area contributed by atoms with Crippen molar-refractivity contribution in [3.05, 3.63) is 18.0 Å². The molecular weight excluding hydrogens is 216 g/mol. The van der Waals surface area contributed by atoms with Crippen molar-refractivity contribution in [2.24, 2.45) is 12.8 Å². The second kappa shape index (κ2) is 3.84. The number of rotatable bonds is 1. The van der Waals surface area contributed by atoms with E-state index in [4.69, 9.17) is 5.73 Å². The van der Waals surface area contributed by atoms with E-state index >= 15 is 0 Å². The van der Waals surface area contributed by atoms with Gasteiger partial charge in [-0.05, 0) is 31.7 Å². The fourth-order valence-electron chi connectivity index (χ4n) is 3.21. The van der Waals surface area contributed by atoms with Gasteiger partial charge in [0.15, 0.2) is 0 Å². The molecule has 92 valence electrons. The maximum absolute atomic E-state index is 12.4. The van der Waals surface area contributed by atoms with Crippen LogP contribution >= 0.6 is 0 Å². The van der Waals surface area contributed by atoms with E-state index in [0.29, 0.717) is 17.8 Å². The Kier molecular flexibility index (Phi) is 2.43. The number of amides is 1. The molecule has 1 amide bonds. The minimum atomic E-state index is 0.0741. The fraction of sp³-hybridized carbons (Fsp3) is 0.667. The van der Waals surface area contributed by atoms with Crippen LogP contribution in [-0.2, 0) is 7.05 Å². The molecule has 2 unspecified atom stereocenters. The van der Waals surface area contributed by atoms with Crippen molar-refractivity contribution < 1.29 is 4.79 Å². The van der Waals surface area contributed by atoms with E-state index in [9.17, 15) is 4.79 Å². The maximum Gasteiger partial charge on any atom is 0.274 e. The van der Waals surface area contributed by atoms with Crippen LogP contribution in [0.1, 0.15) is 36.2 Å². The predicted octanol–water partition coefficient (Wildman–Crippen LogP) is 0.514. The SMILES string of the molecule is Cn1ccc(C(=O)N2C3CCC2CC(N)C3)n1. The Bertz CT molecular complexity index is 427. The van der Waals surface area contributed by atoms with Crippen LogP contribution in [0.15, 0.2) is 12.3 Å². The smallest absolute Gasteiger partial charge is 0.274 e. The summed E-state index contributed by atoms with van der Waals surface area (Å²) < 4.78 is 1.67. The summed E-state index contributed by atoms with van der Waals surface area (Å²) in [6.07, 6.45) is 5.88. The third kappa shape index (κ3) is 1.74. The number of carbonyl (C=O) groups excluding carboxylic acids is 1. The van der Waals surface area contributed by atoms with E-state index < -0.39 is 0 Å². The summed E-state index contributed by atoms with van der Waals surface area (Å²) in [7, 11) is 1.83. The lowest BCUT2D eigenvalue weighted by atomic mass is 9.98. The average Bonchev–Trinajstić information content (AvgIpc) is 2.81.